The molecule has 80 valence electrons. The first-order chi connectivity index (χ1) is 6.54. The molecule has 0 aromatic carbocycles. The van der Waals surface area contributed by atoms with Crippen molar-refractivity contribution in [2.24, 2.45) is 5.73 Å². The molecule has 2 unspecified atom stereocenters. The maximum absolute atomic E-state index is 11.8. The fraction of sp³-hybridized carbons (Fsp3) is 0.778. The van der Waals surface area contributed by atoms with Crippen LogP contribution in [0.4, 0.5) is 0 Å². The van der Waals surface area contributed by atoms with Gasteiger partial charge < -0.3 is 15.4 Å². The molecule has 1 rings (SSSR count). The van der Waals surface area contributed by atoms with Crippen LogP contribution in [0.25, 0.3) is 0 Å². The van der Waals surface area contributed by atoms with Crippen LogP contribution in [-0.4, -0.2) is 41.6 Å². The summed E-state index contributed by atoms with van der Waals surface area (Å²) in [6.45, 7) is 2.49. The fourth-order valence-corrected chi connectivity index (χ4v) is 1.54. The van der Waals surface area contributed by atoms with Crippen LogP contribution in [-0.2, 0) is 9.53 Å². The average molecular weight is 216 g/mol. The average Bonchev–Trinajstić information content (AvgIpc) is 2.67. The van der Waals surface area contributed by atoms with Crippen LogP contribution in [0, 0.1) is 0 Å². The van der Waals surface area contributed by atoms with E-state index in [1.807, 2.05) is 6.92 Å². The molecule has 1 aliphatic rings. The molecule has 2 atom stereocenters. The Bertz CT molecular complexity index is 239. The molecule has 0 saturated carbocycles. The van der Waals surface area contributed by atoms with Crippen LogP contribution in [0.2, 0.25) is 0 Å². The van der Waals surface area contributed by atoms with E-state index < -0.39 is 0 Å². The molecule has 0 aliphatic carbocycles. The minimum atomic E-state index is -0.295. The van der Waals surface area contributed by atoms with Crippen LogP contribution in [0.3, 0.4) is 0 Å². The second-order valence-corrected chi connectivity index (χ2v) is 4.00. The number of nitrogens with two attached hydrogens (primary N) is 1. The summed E-state index contributed by atoms with van der Waals surface area (Å²) in [5.74, 6) is -0.0252. The van der Waals surface area contributed by atoms with Crippen molar-refractivity contribution in [2.45, 2.75) is 31.9 Å². The summed E-state index contributed by atoms with van der Waals surface area (Å²) >= 11 is 4.83. The van der Waals surface area contributed by atoms with Gasteiger partial charge in [-0.15, -0.1) is 0 Å². The Hall–Kier alpha value is -0.680. The van der Waals surface area contributed by atoms with E-state index in [0.717, 1.165) is 12.8 Å². The normalized spacial score (nSPS) is 23.1. The van der Waals surface area contributed by atoms with E-state index in [1.54, 1.807) is 11.9 Å². The van der Waals surface area contributed by atoms with Gasteiger partial charge in [0, 0.05) is 13.7 Å². The maximum atomic E-state index is 11.8. The minimum Gasteiger partial charge on any atom is -0.392 e. The molecule has 1 aliphatic heterocycles. The number of thiocarbonyl (C=S) groups is 1. The van der Waals surface area contributed by atoms with E-state index in [-0.39, 0.29) is 18.1 Å². The van der Waals surface area contributed by atoms with Crippen LogP contribution in [0.1, 0.15) is 19.8 Å². The molecule has 1 saturated heterocycles. The number of carbonyl (C=O) groups excluding carboxylic acids is 1. The molecule has 0 aromatic heterocycles. The van der Waals surface area contributed by atoms with Gasteiger partial charge in [0.1, 0.15) is 6.10 Å². The van der Waals surface area contributed by atoms with Crippen molar-refractivity contribution < 1.29 is 9.53 Å². The Morgan fingerprint density at radius 1 is 1.71 bits per heavy atom. The molecule has 1 fully saturated rings. The summed E-state index contributed by atoms with van der Waals surface area (Å²) in [6.07, 6.45) is 1.45. The summed E-state index contributed by atoms with van der Waals surface area (Å²) < 4.78 is 5.29. The fourth-order valence-electron chi connectivity index (χ4n) is 1.38. The molecular formula is C9H16N2O2S. The maximum Gasteiger partial charge on any atom is 0.252 e. The topological polar surface area (TPSA) is 55.6 Å². The van der Waals surface area contributed by atoms with Crippen molar-refractivity contribution in [3.05, 3.63) is 0 Å². The van der Waals surface area contributed by atoms with E-state index in [2.05, 4.69) is 0 Å². The number of hydrogen-bond acceptors (Lipinski definition) is 3. The van der Waals surface area contributed by atoms with E-state index in [0.29, 0.717) is 11.6 Å². The van der Waals surface area contributed by atoms with Crippen molar-refractivity contribution in [2.75, 3.05) is 13.7 Å². The van der Waals surface area contributed by atoms with Gasteiger partial charge in [0.2, 0.25) is 0 Å². The predicted octanol–water partition coefficient (Wildman–Crippen LogP) is 0.298. The van der Waals surface area contributed by atoms with Gasteiger partial charge in [-0.05, 0) is 19.8 Å². The van der Waals surface area contributed by atoms with Gasteiger partial charge in [0.15, 0.2) is 0 Å². The Labute approximate surface area is 89.4 Å². The highest BCUT2D eigenvalue weighted by atomic mass is 32.1. The number of rotatable bonds is 3. The third kappa shape index (κ3) is 2.42. The summed E-state index contributed by atoms with van der Waals surface area (Å²) in [5, 5.41) is 0. The second-order valence-electron chi connectivity index (χ2n) is 3.53. The van der Waals surface area contributed by atoms with Crippen molar-refractivity contribution in [3.8, 4) is 0 Å². The molecule has 14 heavy (non-hydrogen) atoms. The van der Waals surface area contributed by atoms with Crippen LogP contribution >= 0.6 is 12.2 Å². The largest absolute Gasteiger partial charge is 0.392 e. The third-order valence-electron chi connectivity index (χ3n) is 2.55. The highest BCUT2D eigenvalue weighted by molar-refractivity contribution is 7.80. The monoisotopic (exact) mass is 216 g/mol. The van der Waals surface area contributed by atoms with Crippen molar-refractivity contribution in [1.29, 1.82) is 0 Å². The van der Waals surface area contributed by atoms with Gasteiger partial charge in [-0.25, -0.2) is 0 Å². The zero-order chi connectivity index (χ0) is 10.7. The van der Waals surface area contributed by atoms with Gasteiger partial charge >= 0.3 is 0 Å². The quantitative estimate of drug-likeness (QED) is 0.689. The molecule has 4 nitrogen and oxygen atoms in total. The Morgan fingerprint density at radius 2 is 2.36 bits per heavy atom. The smallest absolute Gasteiger partial charge is 0.252 e. The molecule has 0 aromatic rings. The lowest BCUT2D eigenvalue weighted by Gasteiger charge is -2.26. The van der Waals surface area contributed by atoms with E-state index in [1.165, 1.54) is 0 Å². The highest BCUT2D eigenvalue weighted by Gasteiger charge is 2.29. The lowest BCUT2D eigenvalue weighted by Crippen LogP contribution is -2.46. The zero-order valence-corrected chi connectivity index (χ0v) is 9.34. The van der Waals surface area contributed by atoms with Gasteiger partial charge in [-0.2, -0.15) is 0 Å². The predicted molar refractivity (Wildman–Crippen MR) is 58.0 cm³/mol. The first kappa shape index (κ1) is 11.4. The van der Waals surface area contributed by atoms with E-state index in [4.69, 9.17) is 22.7 Å². The highest BCUT2D eigenvalue weighted by Crippen LogP contribution is 2.15. The number of carbonyl (C=O) groups is 1. The Morgan fingerprint density at radius 3 is 2.79 bits per heavy atom. The summed E-state index contributed by atoms with van der Waals surface area (Å²) in [4.78, 5) is 13.7. The molecule has 2 N–H and O–H groups in total. The van der Waals surface area contributed by atoms with Crippen LogP contribution < -0.4 is 5.73 Å². The van der Waals surface area contributed by atoms with Gasteiger partial charge in [-0.1, -0.05) is 12.2 Å². The molecular weight excluding hydrogens is 200 g/mol. The summed E-state index contributed by atoms with van der Waals surface area (Å²) in [5.41, 5.74) is 5.47. The molecule has 0 bridgehead atoms. The van der Waals surface area contributed by atoms with E-state index in [9.17, 15) is 4.79 Å². The first-order valence-electron chi connectivity index (χ1n) is 4.71. The number of amides is 1. The molecule has 5 heteroatoms. The van der Waals surface area contributed by atoms with Gasteiger partial charge in [-0.3, -0.25) is 4.79 Å². The SMILES string of the molecule is CC(C(N)=S)N(C)C(=O)C1CCCO1. The minimum absolute atomic E-state index is 0.0252. The standard InChI is InChI=1S/C9H16N2O2S/c1-6(8(10)14)11(2)9(12)7-4-3-5-13-7/h6-7H,3-5H2,1-2H3,(H2,10,14). The number of ether oxygens (including phenoxy) is 1. The molecule has 1 heterocycles. The van der Waals surface area contributed by atoms with Crippen LogP contribution in [0.15, 0.2) is 0 Å². The third-order valence-corrected chi connectivity index (χ3v) is 2.89. The lowest BCUT2D eigenvalue weighted by molar-refractivity contribution is -0.140. The van der Waals surface area contributed by atoms with Crippen LogP contribution in [0.5, 0.6) is 0 Å². The van der Waals surface area contributed by atoms with Crippen molar-refractivity contribution in [1.82, 2.24) is 4.90 Å². The van der Waals surface area contributed by atoms with Gasteiger partial charge in [0.05, 0.1) is 11.0 Å². The Kier molecular flexibility index (Phi) is 3.83. The molecule has 0 spiro atoms. The van der Waals surface area contributed by atoms with Gasteiger partial charge in [0.25, 0.3) is 5.91 Å². The second kappa shape index (κ2) is 4.70. The number of hydrogen-bond donors (Lipinski definition) is 1. The summed E-state index contributed by atoms with van der Waals surface area (Å²) in [7, 11) is 1.70. The van der Waals surface area contributed by atoms with E-state index >= 15 is 0 Å². The van der Waals surface area contributed by atoms with Crippen molar-refractivity contribution in [3.63, 3.8) is 0 Å². The first-order valence-corrected chi connectivity index (χ1v) is 5.12. The van der Waals surface area contributed by atoms with Crippen molar-refractivity contribution >= 4 is 23.1 Å². The number of likely N-dealkylation sites (N-methyl/N-ethyl adjacent to an activating group) is 1. The number of nitrogens with zero attached hydrogens (tertiary/aromatic N) is 1. The molecule has 0 radical (unpaired) electrons. The lowest BCUT2D eigenvalue weighted by atomic mass is 10.2. The molecule has 1 amide bonds. The zero-order valence-electron chi connectivity index (χ0n) is 8.53. The summed E-state index contributed by atoms with van der Waals surface area (Å²) in [6, 6.07) is -0.207. The Balaban J connectivity index is 2.54.